The third-order valence-electron chi connectivity index (χ3n) is 11.6. The summed E-state index contributed by atoms with van der Waals surface area (Å²) in [6.07, 6.45) is 6.44. The number of hydrogen-bond acceptors (Lipinski definition) is 0. The fourth-order valence-electron chi connectivity index (χ4n) is 8.77. The molecule has 0 aliphatic heterocycles. The van der Waals surface area contributed by atoms with Gasteiger partial charge in [-0.1, -0.05) is 172 Å². The Labute approximate surface area is 311 Å². The Morgan fingerprint density at radius 2 is 0.906 bits per heavy atom. The molecule has 0 amide bonds. The van der Waals surface area contributed by atoms with Gasteiger partial charge in [0.15, 0.2) is 0 Å². The predicted molar refractivity (Wildman–Crippen MR) is 230 cm³/mol. The second-order valence-electron chi connectivity index (χ2n) is 15.0. The lowest BCUT2D eigenvalue weighted by atomic mass is 9.80. The fraction of sp³-hybridized carbons (Fsp3) is 0.0566. The van der Waals surface area contributed by atoms with E-state index in [1.807, 2.05) is 6.08 Å². The first-order chi connectivity index (χ1) is 26.0. The Bertz CT molecular complexity index is 2950. The predicted octanol–water partition coefficient (Wildman–Crippen LogP) is 14.8. The van der Waals surface area contributed by atoms with Gasteiger partial charge in [0, 0.05) is 5.41 Å². The van der Waals surface area contributed by atoms with Gasteiger partial charge >= 0.3 is 0 Å². The van der Waals surface area contributed by atoms with Gasteiger partial charge in [0.05, 0.1) is 0 Å². The highest BCUT2D eigenvalue weighted by atomic mass is 14.4. The van der Waals surface area contributed by atoms with Crippen LogP contribution >= 0.6 is 0 Å². The molecule has 0 spiro atoms. The first-order valence-electron chi connectivity index (χ1n) is 18.5. The molecule has 0 atom stereocenters. The van der Waals surface area contributed by atoms with Gasteiger partial charge in [0.2, 0.25) is 0 Å². The van der Waals surface area contributed by atoms with E-state index in [1.54, 1.807) is 0 Å². The molecule has 0 heterocycles. The summed E-state index contributed by atoms with van der Waals surface area (Å²) in [7, 11) is 0. The second-order valence-corrected chi connectivity index (χ2v) is 15.0. The molecule has 10 rings (SSSR count). The number of rotatable bonds is 5. The van der Waals surface area contributed by atoms with Crippen molar-refractivity contribution < 1.29 is 0 Å². The summed E-state index contributed by atoms with van der Waals surface area (Å²) in [4.78, 5) is 0. The minimum atomic E-state index is -0.122. The van der Waals surface area contributed by atoms with E-state index in [-0.39, 0.29) is 5.41 Å². The van der Waals surface area contributed by atoms with E-state index in [9.17, 15) is 0 Å². The smallest absolute Gasteiger partial charge is 0.0159 e. The van der Waals surface area contributed by atoms with E-state index in [1.165, 1.54) is 93.2 Å². The van der Waals surface area contributed by atoms with Crippen molar-refractivity contribution in [1.29, 1.82) is 0 Å². The Balaban J connectivity index is 1.000. The van der Waals surface area contributed by atoms with Gasteiger partial charge in [-0.25, -0.2) is 0 Å². The number of fused-ring (bicyclic) bond motifs is 10. The molecular formula is C53H38. The highest BCUT2D eigenvalue weighted by molar-refractivity contribution is 6.25. The Kier molecular flexibility index (Phi) is 7.10. The van der Waals surface area contributed by atoms with Gasteiger partial charge in [0.1, 0.15) is 0 Å². The van der Waals surface area contributed by atoms with Crippen molar-refractivity contribution in [3.63, 3.8) is 0 Å². The Morgan fingerprint density at radius 3 is 1.55 bits per heavy atom. The molecule has 53 heavy (non-hydrogen) atoms. The molecule has 250 valence electrons. The van der Waals surface area contributed by atoms with Crippen LogP contribution in [-0.2, 0) is 5.41 Å². The van der Waals surface area contributed by atoms with E-state index < -0.39 is 0 Å². The average Bonchev–Trinajstić information content (AvgIpc) is 3.44. The third-order valence-corrected chi connectivity index (χ3v) is 11.6. The highest BCUT2D eigenvalue weighted by Gasteiger charge is 2.36. The van der Waals surface area contributed by atoms with Crippen molar-refractivity contribution in [2.45, 2.75) is 19.3 Å². The first-order valence-corrected chi connectivity index (χ1v) is 18.5. The summed E-state index contributed by atoms with van der Waals surface area (Å²) in [5, 5.41) is 10.3. The average molecular weight is 675 g/mol. The molecule has 9 aromatic carbocycles. The molecule has 0 radical (unpaired) electrons. The molecule has 0 saturated carbocycles. The SMILES string of the molecule is C=Cc1ccc(-c2ccc3c(c2)C(C)(C)c2cc(-c4ccc5ccccc5c4)ccc2-3)cc1C=Cc1ccc2c3ccccc3c3ccccc3c2c1. The summed E-state index contributed by atoms with van der Waals surface area (Å²) >= 11 is 0. The molecule has 0 fully saturated rings. The van der Waals surface area contributed by atoms with Crippen molar-refractivity contribution in [2.75, 3.05) is 0 Å². The molecule has 0 saturated heterocycles. The van der Waals surface area contributed by atoms with Crippen molar-refractivity contribution in [3.05, 3.63) is 198 Å². The Hall–Kier alpha value is -6.50. The molecular weight excluding hydrogens is 637 g/mol. The lowest BCUT2D eigenvalue weighted by Gasteiger charge is -2.23. The quantitative estimate of drug-likeness (QED) is 0.126. The van der Waals surface area contributed by atoms with Crippen LogP contribution < -0.4 is 0 Å². The van der Waals surface area contributed by atoms with Crippen LogP contribution in [0.5, 0.6) is 0 Å². The molecule has 9 aromatic rings. The van der Waals surface area contributed by atoms with Gasteiger partial charge in [-0.3, -0.25) is 0 Å². The van der Waals surface area contributed by atoms with Gasteiger partial charge in [-0.2, -0.15) is 0 Å². The summed E-state index contributed by atoms with van der Waals surface area (Å²) < 4.78 is 0. The molecule has 1 aliphatic carbocycles. The minimum Gasteiger partial charge on any atom is -0.0984 e. The molecule has 0 heteroatoms. The van der Waals surface area contributed by atoms with Crippen LogP contribution in [0.25, 0.3) is 94.7 Å². The minimum absolute atomic E-state index is 0.122. The van der Waals surface area contributed by atoms with E-state index >= 15 is 0 Å². The number of benzene rings is 9. The van der Waals surface area contributed by atoms with E-state index in [0.717, 1.165) is 11.1 Å². The maximum absolute atomic E-state index is 4.15. The zero-order chi connectivity index (χ0) is 35.7. The van der Waals surface area contributed by atoms with Crippen LogP contribution in [0.3, 0.4) is 0 Å². The zero-order valence-corrected chi connectivity index (χ0v) is 30.0. The standard InChI is InChI=1S/C53H38/c1-4-35-20-22-39(31-38(35)19-17-34-18-26-47-45-15-8-7-13-43(45)44-14-9-10-16-46(44)50(47)29-34)41-24-27-48-49-28-25-42(33-52(49)53(2,3)51(48)32-41)40-23-21-36-11-5-6-12-37(36)30-40/h4-33H,1H2,2-3H3. The second kappa shape index (κ2) is 12.0. The topological polar surface area (TPSA) is 0 Å². The Morgan fingerprint density at radius 1 is 0.396 bits per heavy atom. The van der Waals surface area contributed by atoms with Crippen LogP contribution in [0.1, 0.15) is 41.7 Å². The monoisotopic (exact) mass is 674 g/mol. The van der Waals surface area contributed by atoms with Crippen molar-refractivity contribution in [1.82, 2.24) is 0 Å². The van der Waals surface area contributed by atoms with Crippen molar-refractivity contribution in [2.24, 2.45) is 0 Å². The van der Waals surface area contributed by atoms with Crippen LogP contribution in [0.4, 0.5) is 0 Å². The normalized spacial score (nSPS) is 13.2. The largest absolute Gasteiger partial charge is 0.0984 e. The van der Waals surface area contributed by atoms with Crippen LogP contribution in [0.2, 0.25) is 0 Å². The molecule has 0 N–H and O–H groups in total. The lowest BCUT2D eigenvalue weighted by molar-refractivity contribution is 0.661. The number of hydrogen-bond donors (Lipinski definition) is 0. The van der Waals surface area contributed by atoms with Gasteiger partial charge in [-0.05, 0) is 135 Å². The molecule has 1 aliphatic rings. The van der Waals surface area contributed by atoms with Gasteiger partial charge < -0.3 is 0 Å². The first kappa shape index (κ1) is 31.3. The molecule has 0 unspecified atom stereocenters. The van der Waals surface area contributed by atoms with Crippen molar-refractivity contribution in [3.8, 4) is 33.4 Å². The molecule has 0 bridgehead atoms. The van der Waals surface area contributed by atoms with Crippen LogP contribution in [0.15, 0.2) is 170 Å². The summed E-state index contributed by atoms with van der Waals surface area (Å²) in [5.41, 5.74) is 13.7. The molecule has 0 aromatic heterocycles. The lowest BCUT2D eigenvalue weighted by Crippen LogP contribution is -2.15. The maximum atomic E-state index is 4.15. The zero-order valence-electron chi connectivity index (χ0n) is 30.0. The van der Waals surface area contributed by atoms with Gasteiger partial charge in [-0.15, -0.1) is 0 Å². The maximum Gasteiger partial charge on any atom is 0.0159 e. The molecule has 0 nitrogen and oxygen atoms in total. The van der Waals surface area contributed by atoms with Gasteiger partial charge in [0.25, 0.3) is 0 Å². The fourth-order valence-corrected chi connectivity index (χ4v) is 8.77. The van der Waals surface area contributed by atoms with Crippen LogP contribution in [0, 0.1) is 0 Å². The van der Waals surface area contributed by atoms with E-state index in [2.05, 4.69) is 196 Å². The van der Waals surface area contributed by atoms with E-state index in [0.29, 0.717) is 0 Å². The summed E-state index contributed by atoms with van der Waals surface area (Å²) in [6.45, 7) is 8.89. The summed E-state index contributed by atoms with van der Waals surface area (Å²) in [6, 6.07) is 60.6. The van der Waals surface area contributed by atoms with E-state index in [4.69, 9.17) is 0 Å². The summed E-state index contributed by atoms with van der Waals surface area (Å²) in [5.74, 6) is 0. The van der Waals surface area contributed by atoms with Crippen LogP contribution in [-0.4, -0.2) is 0 Å². The highest BCUT2D eigenvalue weighted by Crippen LogP contribution is 2.51. The third kappa shape index (κ3) is 5.06. The van der Waals surface area contributed by atoms with Crippen molar-refractivity contribution >= 4 is 61.3 Å².